The van der Waals surface area contributed by atoms with E-state index in [0.717, 1.165) is 0 Å². The van der Waals surface area contributed by atoms with Gasteiger partial charge in [-0.05, 0) is 20.8 Å². The van der Waals surface area contributed by atoms with Crippen molar-refractivity contribution >= 4 is 9.47 Å². The van der Waals surface area contributed by atoms with Gasteiger partial charge in [-0.25, -0.2) is 9.56 Å². The van der Waals surface area contributed by atoms with E-state index in [1.54, 1.807) is 0 Å². The molecule has 0 aromatic rings. The summed E-state index contributed by atoms with van der Waals surface area (Å²) in [6.07, 6.45) is 0. The molecule has 7 heavy (non-hydrogen) atoms. The highest BCUT2D eigenvalue weighted by atomic mass is 31.0. The third kappa shape index (κ3) is 6.35. The fraction of sp³-hybridized carbons (Fsp3) is 1.00. The van der Waals surface area contributed by atoms with Crippen molar-refractivity contribution in [3.05, 3.63) is 0 Å². The highest BCUT2D eigenvalue weighted by Gasteiger charge is 2.08. The fourth-order valence-electron chi connectivity index (χ4n) is 0.144. The van der Waals surface area contributed by atoms with Gasteiger partial charge in [-0.2, -0.15) is 0 Å². The first-order valence-corrected chi connectivity index (χ1v) is 2.58. The van der Waals surface area contributed by atoms with Crippen LogP contribution in [-0.2, 0) is 9.56 Å². The van der Waals surface area contributed by atoms with Gasteiger partial charge in [-0.3, -0.25) is 0 Å². The Morgan fingerprint density at radius 2 is 1.71 bits per heavy atom. The SMILES string of the molecule is CC(C)(C)OOP. The molecule has 0 heterocycles. The predicted molar refractivity (Wildman–Crippen MR) is 31.6 cm³/mol. The van der Waals surface area contributed by atoms with E-state index in [4.69, 9.17) is 4.89 Å². The molecule has 0 aromatic carbocycles. The Balaban J connectivity index is 3.15. The second-order valence-corrected chi connectivity index (χ2v) is 2.48. The quantitative estimate of drug-likeness (QED) is 0.298. The topological polar surface area (TPSA) is 18.5 Å². The van der Waals surface area contributed by atoms with Crippen molar-refractivity contribution in [3.8, 4) is 0 Å². The van der Waals surface area contributed by atoms with Gasteiger partial charge in [0.05, 0.1) is 5.60 Å². The van der Waals surface area contributed by atoms with Gasteiger partial charge in [0.25, 0.3) is 0 Å². The Hall–Kier alpha value is 0.350. The first-order chi connectivity index (χ1) is 3.06. The van der Waals surface area contributed by atoms with Crippen LogP contribution in [0.2, 0.25) is 0 Å². The lowest BCUT2D eigenvalue weighted by Gasteiger charge is -2.14. The molecule has 0 saturated carbocycles. The van der Waals surface area contributed by atoms with Crippen LogP contribution in [0.15, 0.2) is 0 Å². The second-order valence-electron chi connectivity index (χ2n) is 2.29. The van der Waals surface area contributed by atoms with Gasteiger partial charge in [0.2, 0.25) is 0 Å². The Labute approximate surface area is 46.4 Å². The second kappa shape index (κ2) is 2.61. The molecule has 2 nitrogen and oxygen atoms in total. The van der Waals surface area contributed by atoms with Crippen LogP contribution in [-0.4, -0.2) is 5.60 Å². The molecular formula is C4H11O2P. The smallest absolute Gasteiger partial charge is 0.0955 e. The van der Waals surface area contributed by atoms with Crippen molar-refractivity contribution < 1.29 is 9.56 Å². The maximum atomic E-state index is 4.69. The molecule has 3 heteroatoms. The first-order valence-electron chi connectivity index (χ1n) is 2.11. The zero-order valence-corrected chi connectivity index (χ0v) is 6.05. The van der Waals surface area contributed by atoms with Gasteiger partial charge in [0, 0.05) is 9.47 Å². The summed E-state index contributed by atoms with van der Waals surface area (Å²) in [4.78, 5) is 4.69. The molecule has 0 spiro atoms. The van der Waals surface area contributed by atoms with Crippen molar-refractivity contribution in [2.24, 2.45) is 0 Å². The van der Waals surface area contributed by atoms with Gasteiger partial charge in [0.1, 0.15) is 0 Å². The van der Waals surface area contributed by atoms with Crippen LogP contribution in [0.3, 0.4) is 0 Å². The largest absolute Gasteiger partial charge is 0.228 e. The first kappa shape index (κ1) is 7.35. The maximum absolute atomic E-state index is 4.69. The molecule has 0 aliphatic rings. The normalized spacial score (nSPS) is 12.0. The molecular weight excluding hydrogens is 111 g/mol. The Bertz CT molecular complexity index is 48.1. The van der Waals surface area contributed by atoms with Crippen LogP contribution in [0.4, 0.5) is 0 Å². The summed E-state index contributed by atoms with van der Waals surface area (Å²) in [7, 11) is 2.02. The van der Waals surface area contributed by atoms with Crippen molar-refractivity contribution in [1.82, 2.24) is 0 Å². The summed E-state index contributed by atoms with van der Waals surface area (Å²) in [5.74, 6) is 0. The zero-order chi connectivity index (χ0) is 5.91. The van der Waals surface area contributed by atoms with E-state index in [0.29, 0.717) is 0 Å². The average Bonchev–Trinajstić information content (AvgIpc) is 1.30. The summed E-state index contributed by atoms with van der Waals surface area (Å²) in [6.45, 7) is 5.74. The molecule has 1 unspecified atom stereocenters. The summed E-state index contributed by atoms with van der Waals surface area (Å²) in [6, 6.07) is 0. The van der Waals surface area contributed by atoms with E-state index in [9.17, 15) is 0 Å². The van der Waals surface area contributed by atoms with Crippen LogP contribution in [0.1, 0.15) is 20.8 Å². The van der Waals surface area contributed by atoms with Crippen LogP contribution < -0.4 is 0 Å². The lowest BCUT2D eigenvalue weighted by atomic mass is 10.2. The van der Waals surface area contributed by atoms with E-state index in [2.05, 4.69) is 4.67 Å². The molecule has 0 fully saturated rings. The van der Waals surface area contributed by atoms with E-state index in [1.807, 2.05) is 30.2 Å². The average molecular weight is 122 g/mol. The molecule has 0 rings (SSSR count). The molecule has 0 bridgehead atoms. The van der Waals surface area contributed by atoms with Crippen molar-refractivity contribution in [2.45, 2.75) is 26.4 Å². The molecule has 0 N–H and O–H groups in total. The fourth-order valence-corrected chi connectivity index (χ4v) is 0.433. The van der Waals surface area contributed by atoms with Gasteiger partial charge in [-0.1, -0.05) is 0 Å². The van der Waals surface area contributed by atoms with Gasteiger partial charge >= 0.3 is 0 Å². The number of rotatable bonds is 1. The third-order valence-electron chi connectivity index (χ3n) is 0.298. The van der Waals surface area contributed by atoms with Crippen molar-refractivity contribution in [1.29, 1.82) is 0 Å². The summed E-state index contributed by atoms with van der Waals surface area (Å²) >= 11 is 0. The lowest BCUT2D eigenvalue weighted by Crippen LogP contribution is -2.16. The van der Waals surface area contributed by atoms with Gasteiger partial charge < -0.3 is 0 Å². The number of hydrogen-bond donors (Lipinski definition) is 0. The van der Waals surface area contributed by atoms with E-state index in [1.165, 1.54) is 0 Å². The Kier molecular flexibility index (Phi) is 2.74. The van der Waals surface area contributed by atoms with Crippen molar-refractivity contribution in [3.63, 3.8) is 0 Å². The Morgan fingerprint density at radius 3 is 1.71 bits per heavy atom. The number of hydrogen-bond acceptors (Lipinski definition) is 2. The van der Waals surface area contributed by atoms with E-state index >= 15 is 0 Å². The van der Waals surface area contributed by atoms with Crippen LogP contribution in [0.5, 0.6) is 0 Å². The predicted octanol–water partition coefficient (Wildman–Crippen LogP) is 1.52. The zero-order valence-electron chi connectivity index (χ0n) is 4.89. The van der Waals surface area contributed by atoms with Gasteiger partial charge in [-0.15, -0.1) is 0 Å². The standard InChI is InChI=1S/C4H11O2P/c1-4(2,3)5-6-7/h7H2,1-3H3. The van der Waals surface area contributed by atoms with Crippen LogP contribution in [0, 0.1) is 0 Å². The minimum atomic E-state index is -0.193. The van der Waals surface area contributed by atoms with Gasteiger partial charge in [0.15, 0.2) is 0 Å². The molecule has 0 aliphatic heterocycles. The molecule has 0 aromatic heterocycles. The minimum Gasteiger partial charge on any atom is -0.228 e. The molecule has 0 aliphatic carbocycles. The Morgan fingerprint density at radius 1 is 1.29 bits per heavy atom. The monoisotopic (exact) mass is 122 g/mol. The molecule has 1 atom stereocenters. The molecule has 0 radical (unpaired) electrons. The summed E-state index contributed by atoms with van der Waals surface area (Å²) in [5, 5.41) is 0. The highest BCUT2D eigenvalue weighted by molar-refractivity contribution is 7.09. The molecule has 0 saturated heterocycles. The van der Waals surface area contributed by atoms with E-state index in [-0.39, 0.29) is 5.60 Å². The third-order valence-corrected chi connectivity index (χ3v) is 0.394. The van der Waals surface area contributed by atoms with Crippen LogP contribution >= 0.6 is 9.47 Å². The van der Waals surface area contributed by atoms with Crippen molar-refractivity contribution in [2.75, 3.05) is 0 Å². The highest BCUT2D eigenvalue weighted by Crippen LogP contribution is 2.08. The summed E-state index contributed by atoms with van der Waals surface area (Å²) < 4.78 is 4.32. The molecule has 0 amide bonds. The van der Waals surface area contributed by atoms with Crippen LogP contribution in [0.25, 0.3) is 0 Å². The summed E-state index contributed by atoms with van der Waals surface area (Å²) in [5.41, 5.74) is -0.193. The minimum absolute atomic E-state index is 0.193. The molecule has 44 valence electrons. The van der Waals surface area contributed by atoms with E-state index < -0.39 is 0 Å². The maximum Gasteiger partial charge on any atom is 0.0955 e. The lowest BCUT2D eigenvalue weighted by molar-refractivity contribution is -0.264.